The van der Waals surface area contributed by atoms with Crippen LogP contribution in [0, 0.1) is 0 Å². The summed E-state index contributed by atoms with van der Waals surface area (Å²) in [5, 5.41) is 2.97. The molecule has 1 aliphatic heterocycles. The van der Waals surface area contributed by atoms with E-state index < -0.39 is 0 Å². The number of hydrogen-bond donors (Lipinski definition) is 1. The average Bonchev–Trinajstić information content (AvgIpc) is 2.50. The van der Waals surface area contributed by atoms with E-state index in [9.17, 15) is 4.79 Å². The summed E-state index contributed by atoms with van der Waals surface area (Å²) in [6.45, 7) is 8.72. The maximum Gasteiger partial charge on any atom is 0.219 e. The lowest BCUT2D eigenvalue weighted by atomic mass is 10.3. The lowest BCUT2D eigenvalue weighted by Gasteiger charge is -2.19. The van der Waals surface area contributed by atoms with Gasteiger partial charge in [0.05, 0.1) is 0 Å². The SMILES string of the molecule is CCCC(=O)NCCCN1CCCN(C)CC1. The van der Waals surface area contributed by atoms with E-state index in [1.807, 2.05) is 6.92 Å². The van der Waals surface area contributed by atoms with Crippen molar-refractivity contribution in [1.29, 1.82) is 0 Å². The Morgan fingerprint density at radius 1 is 1.24 bits per heavy atom. The van der Waals surface area contributed by atoms with Crippen molar-refractivity contribution in [3.8, 4) is 0 Å². The molecule has 1 N–H and O–H groups in total. The van der Waals surface area contributed by atoms with Crippen LogP contribution in [0.2, 0.25) is 0 Å². The summed E-state index contributed by atoms with van der Waals surface area (Å²) in [4.78, 5) is 16.2. The van der Waals surface area contributed by atoms with Gasteiger partial charge in [0.25, 0.3) is 0 Å². The molecule has 0 radical (unpaired) electrons. The quantitative estimate of drug-likeness (QED) is 0.703. The molecule has 0 bridgehead atoms. The van der Waals surface area contributed by atoms with Crippen molar-refractivity contribution in [2.75, 3.05) is 46.3 Å². The second kappa shape index (κ2) is 8.48. The van der Waals surface area contributed by atoms with Crippen LogP contribution in [0.4, 0.5) is 0 Å². The molecule has 0 spiro atoms. The number of nitrogens with one attached hydrogen (secondary N) is 1. The fourth-order valence-electron chi connectivity index (χ4n) is 2.17. The fraction of sp³-hybridized carbons (Fsp3) is 0.923. The van der Waals surface area contributed by atoms with Crippen LogP contribution in [0.25, 0.3) is 0 Å². The van der Waals surface area contributed by atoms with Crippen LogP contribution < -0.4 is 5.32 Å². The first-order valence-electron chi connectivity index (χ1n) is 6.90. The molecular formula is C13H27N3O. The van der Waals surface area contributed by atoms with Crippen molar-refractivity contribution >= 4 is 5.91 Å². The molecule has 1 fully saturated rings. The van der Waals surface area contributed by atoms with E-state index in [2.05, 4.69) is 22.2 Å². The summed E-state index contributed by atoms with van der Waals surface area (Å²) in [5.74, 6) is 0.197. The Morgan fingerprint density at radius 2 is 2.06 bits per heavy atom. The van der Waals surface area contributed by atoms with Gasteiger partial charge in [-0.25, -0.2) is 0 Å². The Morgan fingerprint density at radius 3 is 2.82 bits per heavy atom. The zero-order valence-electron chi connectivity index (χ0n) is 11.4. The second-order valence-corrected chi connectivity index (χ2v) is 4.95. The van der Waals surface area contributed by atoms with Crippen LogP contribution >= 0.6 is 0 Å². The number of rotatable bonds is 6. The third kappa shape index (κ3) is 6.64. The third-order valence-electron chi connectivity index (χ3n) is 3.26. The Balaban J connectivity index is 2.04. The molecule has 100 valence electrons. The molecule has 0 aromatic heterocycles. The summed E-state index contributed by atoms with van der Waals surface area (Å²) in [6.07, 6.45) is 3.93. The summed E-state index contributed by atoms with van der Waals surface area (Å²) in [6, 6.07) is 0. The van der Waals surface area contributed by atoms with Gasteiger partial charge < -0.3 is 15.1 Å². The molecule has 0 aromatic rings. The maximum atomic E-state index is 11.3. The molecule has 4 nitrogen and oxygen atoms in total. The minimum Gasteiger partial charge on any atom is -0.356 e. The van der Waals surface area contributed by atoms with Gasteiger partial charge in [0.2, 0.25) is 5.91 Å². The summed E-state index contributed by atoms with van der Waals surface area (Å²) in [7, 11) is 2.19. The maximum absolute atomic E-state index is 11.3. The first-order valence-corrected chi connectivity index (χ1v) is 6.90. The minimum atomic E-state index is 0.197. The van der Waals surface area contributed by atoms with Crippen molar-refractivity contribution in [1.82, 2.24) is 15.1 Å². The van der Waals surface area contributed by atoms with E-state index in [0.717, 1.165) is 25.9 Å². The lowest BCUT2D eigenvalue weighted by Crippen LogP contribution is -2.32. The Bertz CT molecular complexity index is 221. The number of hydrogen-bond acceptors (Lipinski definition) is 3. The highest BCUT2D eigenvalue weighted by Crippen LogP contribution is 2.01. The van der Waals surface area contributed by atoms with Crippen LogP contribution in [0.5, 0.6) is 0 Å². The molecule has 0 saturated carbocycles. The predicted octanol–water partition coefficient (Wildman–Crippen LogP) is 0.930. The molecule has 0 aliphatic carbocycles. The molecule has 1 heterocycles. The first kappa shape index (κ1) is 14.5. The lowest BCUT2D eigenvalue weighted by molar-refractivity contribution is -0.121. The van der Waals surface area contributed by atoms with E-state index in [-0.39, 0.29) is 5.91 Å². The summed E-state index contributed by atoms with van der Waals surface area (Å²) in [5.41, 5.74) is 0. The molecule has 0 aromatic carbocycles. The number of carbonyl (C=O) groups excluding carboxylic acids is 1. The van der Waals surface area contributed by atoms with Gasteiger partial charge in [-0.05, 0) is 45.9 Å². The Labute approximate surface area is 105 Å². The molecule has 1 amide bonds. The number of amides is 1. The smallest absolute Gasteiger partial charge is 0.219 e. The zero-order chi connectivity index (χ0) is 12.5. The summed E-state index contributed by atoms with van der Waals surface area (Å²) >= 11 is 0. The highest BCUT2D eigenvalue weighted by atomic mass is 16.1. The zero-order valence-corrected chi connectivity index (χ0v) is 11.4. The highest BCUT2D eigenvalue weighted by molar-refractivity contribution is 5.75. The van der Waals surface area contributed by atoms with E-state index >= 15 is 0 Å². The third-order valence-corrected chi connectivity index (χ3v) is 3.26. The molecule has 0 atom stereocenters. The average molecular weight is 241 g/mol. The normalized spacial score (nSPS) is 18.9. The van der Waals surface area contributed by atoms with Gasteiger partial charge in [0.15, 0.2) is 0 Å². The van der Waals surface area contributed by atoms with Crippen LogP contribution in [-0.2, 0) is 4.79 Å². The van der Waals surface area contributed by atoms with Gasteiger partial charge in [0, 0.05) is 26.1 Å². The van der Waals surface area contributed by atoms with E-state index in [4.69, 9.17) is 0 Å². The van der Waals surface area contributed by atoms with Gasteiger partial charge in [-0.2, -0.15) is 0 Å². The molecule has 17 heavy (non-hydrogen) atoms. The molecule has 1 saturated heterocycles. The molecular weight excluding hydrogens is 214 g/mol. The first-order chi connectivity index (χ1) is 8.22. The van der Waals surface area contributed by atoms with Gasteiger partial charge in [-0.3, -0.25) is 4.79 Å². The molecule has 1 rings (SSSR count). The topological polar surface area (TPSA) is 35.6 Å². The molecule has 0 unspecified atom stereocenters. The Kier molecular flexibility index (Phi) is 7.21. The predicted molar refractivity (Wildman–Crippen MR) is 71.1 cm³/mol. The summed E-state index contributed by atoms with van der Waals surface area (Å²) < 4.78 is 0. The van der Waals surface area contributed by atoms with E-state index in [0.29, 0.717) is 6.42 Å². The number of nitrogens with zero attached hydrogens (tertiary/aromatic N) is 2. The van der Waals surface area contributed by atoms with Crippen molar-refractivity contribution < 1.29 is 4.79 Å². The molecule has 1 aliphatic rings. The van der Waals surface area contributed by atoms with Gasteiger partial charge in [-0.15, -0.1) is 0 Å². The van der Waals surface area contributed by atoms with Gasteiger partial charge >= 0.3 is 0 Å². The number of carbonyl (C=O) groups is 1. The van der Waals surface area contributed by atoms with Gasteiger partial charge in [0.1, 0.15) is 0 Å². The van der Waals surface area contributed by atoms with Crippen molar-refractivity contribution in [2.24, 2.45) is 0 Å². The van der Waals surface area contributed by atoms with Gasteiger partial charge in [-0.1, -0.05) is 6.92 Å². The standard InChI is InChI=1S/C13H27N3O/c1-3-6-13(17)14-7-4-9-16-10-5-8-15(2)11-12-16/h3-12H2,1-2H3,(H,14,17). The van der Waals surface area contributed by atoms with Crippen LogP contribution in [0.15, 0.2) is 0 Å². The largest absolute Gasteiger partial charge is 0.356 e. The van der Waals surface area contributed by atoms with Crippen LogP contribution in [0.3, 0.4) is 0 Å². The monoisotopic (exact) mass is 241 g/mol. The molecule has 4 heteroatoms. The second-order valence-electron chi connectivity index (χ2n) is 4.95. The van der Waals surface area contributed by atoms with E-state index in [1.54, 1.807) is 0 Å². The van der Waals surface area contributed by atoms with Crippen LogP contribution in [-0.4, -0.2) is 62.0 Å². The van der Waals surface area contributed by atoms with Crippen molar-refractivity contribution in [3.05, 3.63) is 0 Å². The van der Waals surface area contributed by atoms with Crippen molar-refractivity contribution in [3.63, 3.8) is 0 Å². The minimum absolute atomic E-state index is 0.197. The fourth-order valence-corrected chi connectivity index (χ4v) is 2.17. The number of likely N-dealkylation sites (N-methyl/N-ethyl adjacent to an activating group) is 1. The van der Waals surface area contributed by atoms with Crippen LogP contribution in [0.1, 0.15) is 32.6 Å². The Hall–Kier alpha value is -0.610. The van der Waals surface area contributed by atoms with Crippen molar-refractivity contribution in [2.45, 2.75) is 32.6 Å². The highest BCUT2D eigenvalue weighted by Gasteiger charge is 2.11. The van der Waals surface area contributed by atoms with E-state index in [1.165, 1.54) is 32.6 Å².